The van der Waals surface area contributed by atoms with Gasteiger partial charge in [0.1, 0.15) is 11.6 Å². The fraction of sp³-hybridized carbons (Fsp3) is 0.562. The second kappa shape index (κ2) is 5.62. The average molecular weight is 283 g/mol. The van der Waals surface area contributed by atoms with Crippen molar-refractivity contribution in [1.82, 2.24) is 0 Å². The van der Waals surface area contributed by atoms with Crippen LogP contribution in [0.2, 0.25) is 5.02 Å². The van der Waals surface area contributed by atoms with Gasteiger partial charge in [0.05, 0.1) is 5.02 Å². The molecule has 0 amide bonds. The van der Waals surface area contributed by atoms with Gasteiger partial charge in [0, 0.05) is 12.3 Å². The summed E-state index contributed by atoms with van der Waals surface area (Å²) in [4.78, 5) is 12.5. The Bertz CT molecular complexity index is 482. The van der Waals surface area contributed by atoms with Crippen molar-refractivity contribution in [2.45, 2.75) is 46.0 Å². The summed E-state index contributed by atoms with van der Waals surface area (Å²) in [5.74, 6) is -0.187. The van der Waals surface area contributed by atoms with Gasteiger partial charge < -0.3 is 0 Å². The van der Waals surface area contributed by atoms with Crippen LogP contribution in [0, 0.1) is 17.2 Å². The molecule has 1 aromatic carbocycles. The molecule has 1 fully saturated rings. The molecule has 1 unspecified atom stereocenters. The van der Waals surface area contributed by atoms with E-state index in [9.17, 15) is 9.18 Å². The smallest absolute Gasteiger partial charge is 0.142 e. The van der Waals surface area contributed by atoms with Gasteiger partial charge in [-0.3, -0.25) is 4.79 Å². The number of Topliss-reactive ketones (excluding diaryl/α,β-unsaturated/α-hetero) is 1. The van der Waals surface area contributed by atoms with Crippen LogP contribution in [0.1, 0.15) is 45.1 Å². The lowest BCUT2D eigenvalue weighted by Gasteiger charge is -2.37. The topological polar surface area (TPSA) is 17.1 Å². The molecule has 1 saturated carbocycles. The van der Waals surface area contributed by atoms with Crippen molar-refractivity contribution in [3.05, 3.63) is 34.6 Å². The summed E-state index contributed by atoms with van der Waals surface area (Å²) < 4.78 is 13.4. The molecular weight excluding hydrogens is 263 g/mol. The van der Waals surface area contributed by atoms with Crippen molar-refractivity contribution < 1.29 is 9.18 Å². The standard InChI is InChI=1S/C16H20ClFO/c1-16(2)9-4-3-7-12(16)14(19)10-11-6-5-8-13(18)15(11)17/h5-6,8,12H,3-4,7,9-10H2,1-2H3. The van der Waals surface area contributed by atoms with Crippen molar-refractivity contribution in [2.24, 2.45) is 11.3 Å². The Morgan fingerprint density at radius 1 is 1.42 bits per heavy atom. The number of rotatable bonds is 3. The van der Waals surface area contributed by atoms with Crippen molar-refractivity contribution >= 4 is 17.4 Å². The Kier molecular flexibility index (Phi) is 4.29. The minimum Gasteiger partial charge on any atom is -0.299 e. The molecule has 3 heteroatoms. The molecular formula is C16H20ClFO. The van der Waals surface area contributed by atoms with E-state index in [1.54, 1.807) is 12.1 Å². The summed E-state index contributed by atoms with van der Waals surface area (Å²) in [7, 11) is 0. The van der Waals surface area contributed by atoms with Crippen LogP contribution in [0.5, 0.6) is 0 Å². The maximum atomic E-state index is 13.4. The number of carbonyl (C=O) groups excluding carboxylic acids is 1. The molecule has 0 heterocycles. The van der Waals surface area contributed by atoms with Gasteiger partial charge in [-0.25, -0.2) is 4.39 Å². The zero-order valence-corrected chi connectivity index (χ0v) is 12.3. The molecule has 19 heavy (non-hydrogen) atoms. The zero-order valence-electron chi connectivity index (χ0n) is 11.5. The fourth-order valence-corrected chi connectivity index (χ4v) is 3.28. The van der Waals surface area contributed by atoms with Crippen molar-refractivity contribution in [3.8, 4) is 0 Å². The van der Waals surface area contributed by atoms with E-state index in [1.807, 2.05) is 0 Å². The van der Waals surface area contributed by atoms with Crippen LogP contribution in [0.4, 0.5) is 4.39 Å². The number of carbonyl (C=O) groups is 1. The molecule has 1 aromatic rings. The zero-order chi connectivity index (χ0) is 14.0. The van der Waals surface area contributed by atoms with E-state index in [0.29, 0.717) is 5.56 Å². The SMILES string of the molecule is CC1(C)CCCCC1C(=O)Cc1cccc(F)c1Cl. The summed E-state index contributed by atoms with van der Waals surface area (Å²) in [6, 6.07) is 4.66. The van der Waals surface area contributed by atoms with Gasteiger partial charge in [0.15, 0.2) is 0 Å². The molecule has 104 valence electrons. The summed E-state index contributed by atoms with van der Waals surface area (Å²) in [5, 5.41) is 0.0875. The van der Waals surface area contributed by atoms with Crippen LogP contribution < -0.4 is 0 Å². The van der Waals surface area contributed by atoms with Crippen LogP contribution in [0.3, 0.4) is 0 Å². The van der Waals surface area contributed by atoms with Gasteiger partial charge >= 0.3 is 0 Å². The molecule has 1 atom stereocenters. The summed E-state index contributed by atoms with van der Waals surface area (Å²) in [6.45, 7) is 4.31. The predicted octanol–water partition coefficient (Wildman–Crippen LogP) is 4.81. The lowest BCUT2D eigenvalue weighted by molar-refractivity contribution is -0.127. The van der Waals surface area contributed by atoms with Gasteiger partial charge in [0.25, 0.3) is 0 Å². The molecule has 1 nitrogen and oxygen atoms in total. The number of benzene rings is 1. The van der Waals surface area contributed by atoms with Gasteiger partial charge in [0.2, 0.25) is 0 Å². The van der Waals surface area contributed by atoms with Crippen LogP contribution in [0.25, 0.3) is 0 Å². The third kappa shape index (κ3) is 3.17. The number of ketones is 1. The minimum atomic E-state index is -0.449. The van der Waals surface area contributed by atoms with E-state index in [-0.39, 0.29) is 28.6 Å². The second-order valence-electron chi connectivity index (χ2n) is 6.14. The van der Waals surface area contributed by atoms with Crippen LogP contribution in [-0.4, -0.2) is 5.78 Å². The highest BCUT2D eigenvalue weighted by atomic mass is 35.5. The van der Waals surface area contributed by atoms with Gasteiger partial charge in [-0.05, 0) is 29.9 Å². The maximum absolute atomic E-state index is 13.4. The van der Waals surface area contributed by atoms with Gasteiger partial charge in [-0.15, -0.1) is 0 Å². The number of hydrogen-bond acceptors (Lipinski definition) is 1. The molecule has 0 radical (unpaired) electrons. The molecule has 0 aliphatic heterocycles. The van der Waals surface area contributed by atoms with Gasteiger partial charge in [-0.1, -0.05) is 50.4 Å². The maximum Gasteiger partial charge on any atom is 0.142 e. The third-order valence-electron chi connectivity index (χ3n) is 4.29. The van der Waals surface area contributed by atoms with E-state index in [2.05, 4.69) is 13.8 Å². The first-order valence-corrected chi connectivity index (χ1v) is 7.25. The summed E-state index contributed by atoms with van der Waals surface area (Å²) in [6.07, 6.45) is 4.57. The highest BCUT2D eigenvalue weighted by Crippen LogP contribution is 2.41. The number of hydrogen-bond donors (Lipinski definition) is 0. The molecule has 1 aliphatic rings. The average Bonchev–Trinajstić information content (AvgIpc) is 2.34. The highest BCUT2D eigenvalue weighted by molar-refractivity contribution is 6.31. The van der Waals surface area contributed by atoms with E-state index in [4.69, 9.17) is 11.6 Å². The molecule has 2 rings (SSSR count). The first-order chi connectivity index (χ1) is 8.92. The van der Waals surface area contributed by atoms with E-state index in [0.717, 1.165) is 19.3 Å². The summed E-state index contributed by atoms with van der Waals surface area (Å²) >= 11 is 5.92. The first-order valence-electron chi connectivity index (χ1n) is 6.87. The first kappa shape index (κ1) is 14.5. The van der Waals surface area contributed by atoms with Crippen LogP contribution in [-0.2, 0) is 11.2 Å². The lowest BCUT2D eigenvalue weighted by Crippen LogP contribution is -2.34. The minimum absolute atomic E-state index is 0.0507. The van der Waals surface area contributed by atoms with Crippen LogP contribution in [0.15, 0.2) is 18.2 Å². The normalized spacial score (nSPS) is 22.2. The predicted molar refractivity (Wildman–Crippen MR) is 75.9 cm³/mol. The van der Waals surface area contributed by atoms with Gasteiger partial charge in [-0.2, -0.15) is 0 Å². The quantitative estimate of drug-likeness (QED) is 0.778. The molecule has 0 bridgehead atoms. The summed E-state index contributed by atoms with van der Waals surface area (Å²) in [5.41, 5.74) is 0.655. The highest BCUT2D eigenvalue weighted by Gasteiger charge is 2.36. The van der Waals surface area contributed by atoms with Crippen molar-refractivity contribution in [3.63, 3.8) is 0 Å². The molecule has 0 spiro atoms. The fourth-order valence-electron chi connectivity index (χ4n) is 3.09. The Labute approximate surface area is 119 Å². The molecule has 0 saturated heterocycles. The molecule has 0 aromatic heterocycles. The third-order valence-corrected chi connectivity index (χ3v) is 4.72. The number of halogens is 2. The molecule has 1 aliphatic carbocycles. The molecule has 0 N–H and O–H groups in total. The van der Waals surface area contributed by atoms with E-state index < -0.39 is 5.82 Å². The Hall–Kier alpha value is -0.890. The monoisotopic (exact) mass is 282 g/mol. The Morgan fingerprint density at radius 2 is 2.16 bits per heavy atom. The van der Waals surface area contributed by atoms with Crippen molar-refractivity contribution in [2.75, 3.05) is 0 Å². The lowest BCUT2D eigenvalue weighted by atomic mass is 9.66. The van der Waals surface area contributed by atoms with E-state index in [1.165, 1.54) is 12.5 Å². The second-order valence-corrected chi connectivity index (χ2v) is 6.52. The Balaban J connectivity index is 2.14. The Morgan fingerprint density at radius 3 is 2.84 bits per heavy atom. The van der Waals surface area contributed by atoms with E-state index >= 15 is 0 Å². The largest absolute Gasteiger partial charge is 0.299 e. The van der Waals surface area contributed by atoms with Crippen LogP contribution >= 0.6 is 11.6 Å². The van der Waals surface area contributed by atoms with Crippen molar-refractivity contribution in [1.29, 1.82) is 0 Å².